The number of hydrogen-bond acceptors (Lipinski definition) is 5. The fourth-order valence-corrected chi connectivity index (χ4v) is 3.97. The molecule has 0 aromatic carbocycles. The van der Waals surface area contributed by atoms with Gasteiger partial charge in [-0.1, -0.05) is 0 Å². The molecule has 2 heterocycles. The number of nitrogens with zero attached hydrogens (tertiary/aromatic N) is 1. The maximum absolute atomic E-state index is 11.0. The van der Waals surface area contributed by atoms with Crippen LogP contribution in [0.5, 0.6) is 0 Å². The fourth-order valence-electron chi connectivity index (χ4n) is 1.30. The number of hydrogen-bond donors (Lipinski definition) is 0. The van der Waals surface area contributed by atoms with Gasteiger partial charge in [0.2, 0.25) is 0 Å². The van der Waals surface area contributed by atoms with Gasteiger partial charge in [0, 0.05) is 16.3 Å². The van der Waals surface area contributed by atoms with Crippen LogP contribution in [0.3, 0.4) is 0 Å². The van der Waals surface area contributed by atoms with Crippen molar-refractivity contribution in [1.82, 2.24) is 4.98 Å². The van der Waals surface area contributed by atoms with E-state index in [4.69, 9.17) is 0 Å². The summed E-state index contributed by atoms with van der Waals surface area (Å²) in [5.41, 5.74) is 0.940. The molecule has 0 aliphatic heterocycles. The van der Waals surface area contributed by atoms with Crippen LogP contribution < -0.4 is 0 Å². The highest BCUT2D eigenvalue weighted by Gasteiger charge is 2.10. The Kier molecular flexibility index (Phi) is 4.31. The van der Waals surface area contributed by atoms with Crippen molar-refractivity contribution in [3.63, 3.8) is 0 Å². The highest BCUT2D eigenvalue weighted by Crippen LogP contribution is 2.35. The monoisotopic (exact) mass is 331 g/mol. The Morgan fingerprint density at radius 3 is 3.00 bits per heavy atom. The standard InChI is InChI=1S/C11H10BrNO2S2/c1-15-9(14)3-2-7-6-17-11(13-7)10-8(12)4-5-16-10/h4-6H,2-3H2,1H3. The highest BCUT2D eigenvalue weighted by molar-refractivity contribution is 9.10. The first-order valence-corrected chi connectivity index (χ1v) is 7.50. The van der Waals surface area contributed by atoms with Gasteiger partial charge in [-0.25, -0.2) is 4.98 Å². The summed E-state index contributed by atoms with van der Waals surface area (Å²) in [6.07, 6.45) is 1.01. The van der Waals surface area contributed by atoms with E-state index in [2.05, 4.69) is 25.7 Å². The molecule has 6 heteroatoms. The Morgan fingerprint density at radius 1 is 1.53 bits per heavy atom. The summed E-state index contributed by atoms with van der Waals surface area (Å²) in [6.45, 7) is 0. The number of thiophene rings is 1. The molecule has 0 amide bonds. The molecular formula is C11H10BrNO2S2. The number of aryl methyl sites for hydroxylation is 1. The molecule has 0 saturated heterocycles. The van der Waals surface area contributed by atoms with E-state index < -0.39 is 0 Å². The molecular weight excluding hydrogens is 322 g/mol. The van der Waals surface area contributed by atoms with E-state index in [0.29, 0.717) is 12.8 Å². The number of thiazole rings is 1. The average molecular weight is 332 g/mol. The third-order valence-electron chi connectivity index (χ3n) is 2.18. The molecule has 0 N–H and O–H groups in total. The van der Waals surface area contributed by atoms with Crippen LogP contribution in [-0.4, -0.2) is 18.1 Å². The molecule has 0 aliphatic rings. The maximum Gasteiger partial charge on any atom is 0.305 e. The summed E-state index contributed by atoms with van der Waals surface area (Å²) < 4.78 is 5.67. The van der Waals surface area contributed by atoms with Gasteiger partial charge in [0.05, 0.1) is 24.1 Å². The lowest BCUT2D eigenvalue weighted by Gasteiger charge is -1.96. The van der Waals surface area contributed by atoms with Gasteiger partial charge >= 0.3 is 5.97 Å². The number of aromatic nitrogens is 1. The maximum atomic E-state index is 11.0. The number of rotatable bonds is 4. The van der Waals surface area contributed by atoms with Crippen LogP contribution >= 0.6 is 38.6 Å². The predicted octanol–water partition coefficient (Wildman–Crippen LogP) is 3.74. The quantitative estimate of drug-likeness (QED) is 0.801. The van der Waals surface area contributed by atoms with Crippen molar-refractivity contribution in [2.24, 2.45) is 0 Å². The Balaban J connectivity index is 2.06. The molecule has 0 radical (unpaired) electrons. The van der Waals surface area contributed by atoms with Crippen LogP contribution in [0.15, 0.2) is 21.3 Å². The lowest BCUT2D eigenvalue weighted by molar-refractivity contribution is -0.140. The minimum atomic E-state index is -0.197. The first-order valence-electron chi connectivity index (χ1n) is 4.95. The summed E-state index contributed by atoms with van der Waals surface area (Å²) in [5, 5.41) is 5.01. The Morgan fingerprint density at radius 2 is 2.35 bits per heavy atom. The first-order chi connectivity index (χ1) is 8.20. The van der Waals surface area contributed by atoms with Gasteiger partial charge in [0.15, 0.2) is 0 Å². The summed E-state index contributed by atoms with van der Waals surface area (Å²) in [4.78, 5) is 16.7. The van der Waals surface area contributed by atoms with Crippen molar-refractivity contribution >= 4 is 44.6 Å². The van der Waals surface area contributed by atoms with E-state index in [-0.39, 0.29) is 5.97 Å². The second-order valence-electron chi connectivity index (χ2n) is 3.32. The van der Waals surface area contributed by atoms with Gasteiger partial charge < -0.3 is 4.74 Å². The van der Waals surface area contributed by atoms with Crippen LogP contribution in [0, 0.1) is 0 Å². The number of esters is 1. The van der Waals surface area contributed by atoms with Crippen molar-refractivity contribution in [2.75, 3.05) is 7.11 Å². The van der Waals surface area contributed by atoms with Crippen LogP contribution in [0.2, 0.25) is 0 Å². The minimum Gasteiger partial charge on any atom is -0.469 e. The highest BCUT2D eigenvalue weighted by atomic mass is 79.9. The summed E-state index contributed by atoms with van der Waals surface area (Å²) >= 11 is 6.74. The molecule has 0 atom stereocenters. The van der Waals surface area contributed by atoms with Crippen molar-refractivity contribution < 1.29 is 9.53 Å². The second kappa shape index (κ2) is 5.75. The number of carbonyl (C=O) groups is 1. The molecule has 0 aliphatic carbocycles. The predicted molar refractivity (Wildman–Crippen MR) is 73.5 cm³/mol. The molecule has 0 saturated carbocycles. The smallest absolute Gasteiger partial charge is 0.305 e. The summed E-state index contributed by atoms with van der Waals surface area (Å²) in [5.74, 6) is -0.197. The van der Waals surface area contributed by atoms with E-state index in [1.165, 1.54) is 7.11 Å². The van der Waals surface area contributed by atoms with E-state index >= 15 is 0 Å². The van der Waals surface area contributed by atoms with Gasteiger partial charge in [-0.3, -0.25) is 4.79 Å². The van der Waals surface area contributed by atoms with Gasteiger partial charge in [-0.2, -0.15) is 0 Å². The van der Waals surface area contributed by atoms with E-state index in [1.807, 2.05) is 16.8 Å². The van der Waals surface area contributed by atoms with E-state index in [0.717, 1.165) is 20.1 Å². The van der Waals surface area contributed by atoms with Gasteiger partial charge in [-0.15, -0.1) is 22.7 Å². The van der Waals surface area contributed by atoms with Crippen molar-refractivity contribution in [1.29, 1.82) is 0 Å². The SMILES string of the molecule is COC(=O)CCc1csc(-c2sccc2Br)n1. The van der Waals surface area contributed by atoms with Gasteiger partial charge in [0.25, 0.3) is 0 Å². The molecule has 90 valence electrons. The van der Waals surface area contributed by atoms with Gasteiger partial charge in [0.1, 0.15) is 5.01 Å². The number of ether oxygens (including phenoxy) is 1. The molecule has 2 rings (SSSR count). The first kappa shape index (κ1) is 12.7. The third kappa shape index (κ3) is 3.14. The van der Waals surface area contributed by atoms with Crippen LogP contribution in [-0.2, 0) is 16.0 Å². The Hall–Kier alpha value is -0.720. The zero-order chi connectivity index (χ0) is 12.3. The largest absolute Gasteiger partial charge is 0.469 e. The molecule has 0 spiro atoms. The van der Waals surface area contributed by atoms with Gasteiger partial charge in [-0.05, 0) is 27.4 Å². The van der Waals surface area contributed by atoms with Crippen molar-refractivity contribution in [3.05, 3.63) is 27.0 Å². The van der Waals surface area contributed by atoms with Crippen molar-refractivity contribution in [3.8, 4) is 9.88 Å². The molecule has 0 unspecified atom stereocenters. The lowest BCUT2D eigenvalue weighted by Crippen LogP contribution is -2.01. The van der Waals surface area contributed by atoms with E-state index in [9.17, 15) is 4.79 Å². The molecule has 0 bridgehead atoms. The second-order valence-corrected chi connectivity index (χ2v) is 5.95. The normalized spacial score (nSPS) is 10.5. The molecule has 3 nitrogen and oxygen atoms in total. The zero-order valence-electron chi connectivity index (χ0n) is 9.10. The van der Waals surface area contributed by atoms with Crippen molar-refractivity contribution in [2.45, 2.75) is 12.8 Å². The Bertz CT molecular complexity index is 521. The number of carbonyl (C=O) groups excluding carboxylic acids is 1. The van der Waals surface area contributed by atoms with Crippen LogP contribution in [0.4, 0.5) is 0 Å². The lowest BCUT2D eigenvalue weighted by atomic mass is 10.2. The molecule has 2 aromatic heterocycles. The summed E-state index contributed by atoms with van der Waals surface area (Å²) in [7, 11) is 1.40. The topological polar surface area (TPSA) is 39.2 Å². The van der Waals surface area contributed by atoms with E-state index in [1.54, 1.807) is 22.7 Å². The molecule has 0 fully saturated rings. The average Bonchev–Trinajstić information content (AvgIpc) is 2.94. The molecule has 2 aromatic rings. The van der Waals surface area contributed by atoms with Crippen LogP contribution in [0.25, 0.3) is 9.88 Å². The molecule has 17 heavy (non-hydrogen) atoms. The zero-order valence-corrected chi connectivity index (χ0v) is 12.3. The minimum absolute atomic E-state index is 0.197. The third-order valence-corrected chi connectivity index (χ3v) is 5.06. The van der Waals surface area contributed by atoms with Crippen LogP contribution in [0.1, 0.15) is 12.1 Å². The fraction of sp³-hybridized carbons (Fsp3) is 0.273. The Labute approximate surface area is 116 Å². The number of halogens is 1. The summed E-state index contributed by atoms with van der Waals surface area (Å²) in [6, 6.07) is 2.01. The number of methoxy groups -OCH3 is 1.